The first-order valence-electron chi connectivity index (χ1n) is 9.72. The molecule has 0 radical (unpaired) electrons. The summed E-state index contributed by atoms with van der Waals surface area (Å²) in [6.45, 7) is 6.87. The van der Waals surface area contributed by atoms with Gasteiger partial charge in [0.15, 0.2) is 0 Å². The Morgan fingerprint density at radius 2 is 2.14 bits per heavy atom. The van der Waals surface area contributed by atoms with Gasteiger partial charge >= 0.3 is 0 Å². The topological polar surface area (TPSA) is 73.0 Å². The minimum absolute atomic E-state index is 0.0435. The molecule has 0 unspecified atom stereocenters. The smallest absolute Gasteiger partial charge is 0.224 e. The van der Waals surface area contributed by atoms with Crippen LogP contribution in [0.2, 0.25) is 0 Å². The zero-order valence-corrected chi connectivity index (χ0v) is 16.8. The SMILES string of the molecule is Cc1cc2occ(CC(=O)NCc3ccc(-n4ccnc4)nc3)c2cc1C(C)C. The largest absolute Gasteiger partial charge is 0.464 e. The van der Waals surface area contributed by atoms with E-state index in [4.69, 9.17) is 4.42 Å². The fraction of sp³-hybridized carbons (Fsp3) is 0.261. The van der Waals surface area contributed by atoms with Gasteiger partial charge in [-0.1, -0.05) is 19.9 Å². The zero-order valence-electron chi connectivity index (χ0n) is 16.8. The number of carbonyl (C=O) groups excluding carboxylic acids is 1. The molecule has 0 bridgehead atoms. The lowest BCUT2D eigenvalue weighted by Crippen LogP contribution is -2.24. The number of hydrogen-bond donors (Lipinski definition) is 1. The Bertz CT molecular complexity index is 1130. The fourth-order valence-corrected chi connectivity index (χ4v) is 3.51. The quantitative estimate of drug-likeness (QED) is 0.534. The Labute approximate surface area is 169 Å². The van der Waals surface area contributed by atoms with Crippen LogP contribution in [-0.2, 0) is 17.8 Å². The number of imidazole rings is 1. The van der Waals surface area contributed by atoms with Gasteiger partial charge in [-0.05, 0) is 47.7 Å². The highest BCUT2D eigenvalue weighted by Crippen LogP contribution is 2.29. The molecule has 0 aliphatic heterocycles. The molecule has 0 atom stereocenters. The number of hydrogen-bond acceptors (Lipinski definition) is 4. The minimum Gasteiger partial charge on any atom is -0.464 e. The summed E-state index contributed by atoms with van der Waals surface area (Å²) in [6.07, 6.45) is 8.99. The summed E-state index contributed by atoms with van der Waals surface area (Å²) >= 11 is 0. The second-order valence-corrected chi connectivity index (χ2v) is 7.57. The molecule has 1 N–H and O–H groups in total. The van der Waals surface area contributed by atoms with Crippen molar-refractivity contribution in [3.8, 4) is 5.82 Å². The molecule has 0 fully saturated rings. The number of aryl methyl sites for hydroxylation is 1. The predicted molar refractivity (Wildman–Crippen MR) is 112 cm³/mol. The predicted octanol–water partition coefficient (Wildman–Crippen LogP) is 4.30. The lowest BCUT2D eigenvalue weighted by Gasteiger charge is -2.10. The van der Waals surface area contributed by atoms with Gasteiger partial charge in [0.2, 0.25) is 5.91 Å². The third kappa shape index (κ3) is 4.06. The first kappa shape index (κ1) is 18.9. The van der Waals surface area contributed by atoms with E-state index in [1.807, 2.05) is 22.9 Å². The second-order valence-electron chi connectivity index (χ2n) is 7.57. The molecule has 3 aromatic heterocycles. The molecular formula is C23H24N4O2. The number of fused-ring (bicyclic) bond motifs is 1. The van der Waals surface area contributed by atoms with Crippen LogP contribution in [0.3, 0.4) is 0 Å². The van der Waals surface area contributed by atoms with Crippen LogP contribution in [0.4, 0.5) is 0 Å². The maximum absolute atomic E-state index is 12.5. The number of carbonyl (C=O) groups is 1. The van der Waals surface area contributed by atoms with Gasteiger partial charge in [-0.25, -0.2) is 9.97 Å². The molecule has 4 aromatic rings. The molecule has 0 aliphatic carbocycles. The summed E-state index contributed by atoms with van der Waals surface area (Å²) in [4.78, 5) is 20.9. The number of rotatable bonds is 6. The van der Waals surface area contributed by atoms with Gasteiger partial charge < -0.3 is 9.73 Å². The monoisotopic (exact) mass is 388 g/mol. The van der Waals surface area contributed by atoms with E-state index < -0.39 is 0 Å². The Hall–Kier alpha value is -3.41. The van der Waals surface area contributed by atoms with Crippen LogP contribution in [0.15, 0.2) is 59.9 Å². The van der Waals surface area contributed by atoms with E-state index in [9.17, 15) is 4.79 Å². The van der Waals surface area contributed by atoms with Crippen molar-refractivity contribution in [1.29, 1.82) is 0 Å². The summed E-state index contributed by atoms with van der Waals surface area (Å²) in [7, 11) is 0. The number of nitrogens with one attached hydrogen (secondary N) is 1. The summed E-state index contributed by atoms with van der Waals surface area (Å²) in [6, 6.07) is 8.07. The number of furan rings is 1. The third-order valence-corrected chi connectivity index (χ3v) is 5.08. The third-order valence-electron chi connectivity index (χ3n) is 5.08. The van der Waals surface area contributed by atoms with Crippen molar-refractivity contribution < 1.29 is 9.21 Å². The van der Waals surface area contributed by atoms with Gasteiger partial charge in [-0.3, -0.25) is 9.36 Å². The highest BCUT2D eigenvalue weighted by molar-refractivity contribution is 5.88. The van der Waals surface area contributed by atoms with Gasteiger partial charge in [0.05, 0.1) is 12.7 Å². The van der Waals surface area contributed by atoms with E-state index in [1.54, 1.807) is 25.0 Å². The normalized spacial score (nSPS) is 11.3. The van der Waals surface area contributed by atoms with Crippen molar-refractivity contribution >= 4 is 16.9 Å². The zero-order chi connectivity index (χ0) is 20.4. The van der Waals surface area contributed by atoms with Gasteiger partial charge in [0.25, 0.3) is 0 Å². The van der Waals surface area contributed by atoms with Crippen LogP contribution < -0.4 is 5.32 Å². The summed E-state index contributed by atoms with van der Waals surface area (Å²) in [5, 5.41) is 3.98. The average Bonchev–Trinajstić information content (AvgIpc) is 3.36. The summed E-state index contributed by atoms with van der Waals surface area (Å²) in [5.74, 6) is 1.17. The van der Waals surface area contributed by atoms with Crippen LogP contribution in [0.1, 0.15) is 42.0 Å². The van der Waals surface area contributed by atoms with E-state index in [0.29, 0.717) is 12.5 Å². The maximum Gasteiger partial charge on any atom is 0.224 e. The van der Waals surface area contributed by atoms with Crippen molar-refractivity contribution in [2.24, 2.45) is 0 Å². The number of benzene rings is 1. The Balaban J connectivity index is 1.41. The van der Waals surface area contributed by atoms with Crippen molar-refractivity contribution in [2.45, 2.75) is 39.7 Å². The molecule has 3 heterocycles. The van der Waals surface area contributed by atoms with Crippen molar-refractivity contribution in [2.75, 3.05) is 0 Å². The maximum atomic E-state index is 12.5. The first-order valence-corrected chi connectivity index (χ1v) is 9.72. The lowest BCUT2D eigenvalue weighted by atomic mass is 9.95. The van der Waals surface area contributed by atoms with Gasteiger partial charge in [-0.15, -0.1) is 0 Å². The number of aromatic nitrogens is 3. The fourth-order valence-electron chi connectivity index (χ4n) is 3.51. The molecule has 1 aromatic carbocycles. The molecule has 0 spiro atoms. The van der Waals surface area contributed by atoms with E-state index in [-0.39, 0.29) is 12.3 Å². The number of pyridine rings is 1. The van der Waals surface area contributed by atoms with E-state index >= 15 is 0 Å². The highest BCUT2D eigenvalue weighted by Gasteiger charge is 2.14. The Morgan fingerprint density at radius 1 is 1.28 bits per heavy atom. The van der Waals surface area contributed by atoms with Crippen LogP contribution in [0, 0.1) is 6.92 Å². The van der Waals surface area contributed by atoms with Gasteiger partial charge in [0, 0.05) is 36.1 Å². The molecule has 6 heteroatoms. The van der Waals surface area contributed by atoms with E-state index in [0.717, 1.165) is 27.9 Å². The van der Waals surface area contributed by atoms with Crippen LogP contribution in [0.25, 0.3) is 16.8 Å². The van der Waals surface area contributed by atoms with Crippen molar-refractivity contribution in [3.05, 3.63) is 77.7 Å². The molecule has 148 valence electrons. The second kappa shape index (κ2) is 7.91. The molecule has 0 saturated heterocycles. The molecule has 29 heavy (non-hydrogen) atoms. The van der Waals surface area contributed by atoms with E-state index in [1.165, 1.54) is 11.1 Å². The summed E-state index contributed by atoms with van der Waals surface area (Å²) in [5.41, 5.74) is 5.17. The van der Waals surface area contributed by atoms with E-state index in [2.05, 4.69) is 48.2 Å². The standard InChI is InChI=1S/C23H24N4O2/c1-15(2)19-10-20-18(13-29-21(20)8-16(19)3)9-23(28)26-12-17-4-5-22(25-11-17)27-7-6-24-14-27/h4-8,10-11,13-15H,9,12H2,1-3H3,(H,26,28). The lowest BCUT2D eigenvalue weighted by molar-refractivity contribution is -0.120. The molecule has 6 nitrogen and oxygen atoms in total. The van der Waals surface area contributed by atoms with Crippen LogP contribution in [0.5, 0.6) is 0 Å². The van der Waals surface area contributed by atoms with Crippen LogP contribution in [-0.4, -0.2) is 20.4 Å². The highest BCUT2D eigenvalue weighted by atomic mass is 16.3. The molecule has 0 aliphatic rings. The average molecular weight is 388 g/mol. The van der Waals surface area contributed by atoms with Crippen LogP contribution >= 0.6 is 0 Å². The van der Waals surface area contributed by atoms with Gasteiger partial charge in [0.1, 0.15) is 17.7 Å². The van der Waals surface area contributed by atoms with Gasteiger partial charge in [-0.2, -0.15) is 0 Å². The Morgan fingerprint density at radius 3 is 2.83 bits per heavy atom. The molecule has 0 saturated carbocycles. The molecule has 4 rings (SSSR count). The summed E-state index contributed by atoms with van der Waals surface area (Å²) < 4.78 is 7.51. The molecular weight excluding hydrogens is 364 g/mol. The first-order chi connectivity index (χ1) is 14.0. The molecule has 1 amide bonds. The number of nitrogens with zero attached hydrogens (tertiary/aromatic N) is 3. The van der Waals surface area contributed by atoms with Crippen molar-refractivity contribution in [3.63, 3.8) is 0 Å². The Kier molecular flexibility index (Phi) is 5.16. The van der Waals surface area contributed by atoms with Crippen molar-refractivity contribution in [1.82, 2.24) is 19.9 Å². The minimum atomic E-state index is -0.0435. The number of amides is 1.